The van der Waals surface area contributed by atoms with Gasteiger partial charge in [0.1, 0.15) is 11.5 Å². The molecule has 2 aromatic carbocycles. The maximum absolute atomic E-state index is 10.1. The Hall–Kier alpha value is -3.87. The highest BCUT2D eigenvalue weighted by molar-refractivity contribution is 5.82. The van der Waals surface area contributed by atoms with Gasteiger partial charge < -0.3 is 19.5 Å². The minimum Gasteiger partial charge on any atom is -0.497 e. The van der Waals surface area contributed by atoms with Crippen molar-refractivity contribution in [2.24, 2.45) is 0 Å². The molecule has 0 spiro atoms. The standard InChI is InChI=1S/C22H18N4O3/c1-28-16-4-2-15(3-5-16)26-11-9-14-12-17(6-7-20(14)26)29-22-24-19-13-23-10-8-18(19)21(27)25-22/h2-8,10,12-13H,9,11H2,1H3,(H,24,25,27). The molecule has 5 rings (SSSR count). The summed E-state index contributed by atoms with van der Waals surface area (Å²) in [4.78, 5) is 14.7. The molecule has 0 amide bonds. The lowest BCUT2D eigenvalue weighted by Crippen LogP contribution is -2.12. The van der Waals surface area contributed by atoms with Crippen molar-refractivity contribution in [3.8, 4) is 23.4 Å². The van der Waals surface area contributed by atoms with Crippen molar-refractivity contribution >= 4 is 22.3 Å². The first-order valence-corrected chi connectivity index (χ1v) is 9.24. The fraction of sp³-hybridized carbons (Fsp3) is 0.136. The lowest BCUT2D eigenvalue weighted by Gasteiger charge is -2.20. The number of fused-ring (bicyclic) bond motifs is 2. The number of nitrogens with zero attached hydrogens (tertiary/aromatic N) is 4. The third-order valence-corrected chi connectivity index (χ3v) is 5.00. The average molecular weight is 386 g/mol. The SMILES string of the molecule is COc1ccc(N2CCc3cc(Oc4nc(O)c5ccncc5n4)ccc32)cc1. The van der Waals surface area contributed by atoms with Crippen molar-refractivity contribution in [2.45, 2.75) is 6.42 Å². The Morgan fingerprint density at radius 3 is 2.66 bits per heavy atom. The first-order valence-electron chi connectivity index (χ1n) is 9.24. The Bertz CT molecular complexity index is 1190. The van der Waals surface area contributed by atoms with E-state index in [1.807, 2.05) is 30.3 Å². The van der Waals surface area contributed by atoms with Crippen LogP contribution >= 0.6 is 0 Å². The Morgan fingerprint density at radius 2 is 1.83 bits per heavy atom. The molecule has 0 saturated carbocycles. The number of aromatic hydroxyl groups is 1. The van der Waals surface area contributed by atoms with Crippen molar-refractivity contribution < 1.29 is 14.6 Å². The van der Waals surface area contributed by atoms with E-state index in [-0.39, 0.29) is 11.9 Å². The second-order valence-electron chi connectivity index (χ2n) is 6.71. The Morgan fingerprint density at radius 1 is 1.00 bits per heavy atom. The molecule has 0 fully saturated rings. The maximum Gasteiger partial charge on any atom is 0.325 e. The van der Waals surface area contributed by atoms with Crippen LogP contribution in [0.25, 0.3) is 10.9 Å². The van der Waals surface area contributed by atoms with E-state index in [2.05, 4.69) is 32.0 Å². The van der Waals surface area contributed by atoms with Crippen LogP contribution in [0.4, 0.5) is 11.4 Å². The Labute approximate surface area is 167 Å². The van der Waals surface area contributed by atoms with E-state index in [9.17, 15) is 5.11 Å². The quantitative estimate of drug-likeness (QED) is 0.562. The molecule has 1 N–H and O–H groups in total. The zero-order valence-electron chi connectivity index (χ0n) is 15.7. The number of ether oxygens (including phenoxy) is 2. The molecule has 7 heteroatoms. The number of benzene rings is 2. The zero-order chi connectivity index (χ0) is 19.8. The van der Waals surface area contributed by atoms with E-state index in [1.54, 1.807) is 25.6 Å². The summed E-state index contributed by atoms with van der Waals surface area (Å²) in [7, 11) is 1.66. The molecule has 2 aromatic heterocycles. The molecule has 0 radical (unpaired) electrons. The first kappa shape index (κ1) is 17.2. The van der Waals surface area contributed by atoms with Crippen LogP contribution in [0.3, 0.4) is 0 Å². The molecule has 0 unspecified atom stereocenters. The number of aromatic nitrogens is 3. The fourth-order valence-corrected chi connectivity index (χ4v) is 3.57. The van der Waals surface area contributed by atoms with Gasteiger partial charge in [0.25, 0.3) is 0 Å². The topological polar surface area (TPSA) is 80.6 Å². The minimum absolute atomic E-state index is 0.0907. The van der Waals surface area contributed by atoms with Gasteiger partial charge in [-0.2, -0.15) is 9.97 Å². The number of pyridine rings is 1. The molecule has 0 saturated heterocycles. The molecule has 3 heterocycles. The van der Waals surface area contributed by atoms with Gasteiger partial charge in [-0.15, -0.1) is 0 Å². The normalized spacial score (nSPS) is 12.8. The third-order valence-electron chi connectivity index (χ3n) is 5.00. The molecule has 144 valence electrons. The fourth-order valence-electron chi connectivity index (χ4n) is 3.57. The molecule has 1 aliphatic heterocycles. The lowest BCUT2D eigenvalue weighted by atomic mass is 10.1. The van der Waals surface area contributed by atoms with Crippen molar-refractivity contribution in [3.05, 3.63) is 66.5 Å². The monoisotopic (exact) mass is 386 g/mol. The molecule has 1 aliphatic rings. The summed E-state index contributed by atoms with van der Waals surface area (Å²) in [6, 6.07) is 15.7. The van der Waals surface area contributed by atoms with E-state index >= 15 is 0 Å². The van der Waals surface area contributed by atoms with Gasteiger partial charge in [-0.1, -0.05) is 0 Å². The predicted molar refractivity (Wildman–Crippen MR) is 109 cm³/mol. The highest BCUT2D eigenvalue weighted by atomic mass is 16.5. The summed E-state index contributed by atoms with van der Waals surface area (Å²) in [5.41, 5.74) is 3.98. The van der Waals surface area contributed by atoms with E-state index in [4.69, 9.17) is 9.47 Å². The molecule has 4 aromatic rings. The summed E-state index contributed by atoms with van der Waals surface area (Å²) < 4.78 is 11.1. The Balaban J connectivity index is 1.41. The second-order valence-corrected chi connectivity index (χ2v) is 6.71. The molecule has 29 heavy (non-hydrogen) atoms. The lowest BCUT2D eigenvalue weighted by molar-refractivity contribution is 0.412. The van der Waals surface area contributed by atoms with E-state index in [0.29, 0.717) is 16.7 Å². The summed E-state index contributed by atoms with van der Waals surface area (Å²) in [5.74, 6) is 1.34. The van der Waals surface area contributed by atoms with Crippen LogP contribution in [0, 0.1) is 0 Å². The van der Waals surface area contributed by atoms with Crippen molar-refractivity contribution in [1.29, 1.82) is 0 Å². The average Bonchev–Trinajstić information content (AvgIpc) is 3.17. The van der Waals surface area contributed by atoms with Crippen LogP contribution in [0.1, 0.15) is 5.56 Å². The van der Waals surface area contributed by atoms with E-state index in [1.165, 1.54) is 5.56 Å². The van der Waals surface area contributed by atoms with Gasteiger partial charge in [-0.3, -0.25) is 4.98 Å². The number of rotatable bonds is 4. The molecule has 7 nitrogen and oxygen atoms in total. The highest BCUT2D eigenvalue weighted by Crippen LogP contribution is 2.38. The van der Waals surface area contributed by atoms with Gasteiger partial charge in [-0.25, -0.2) is 0 Å². The molecular formula is C22H18N4O3. The van der Waals surface area contributed by atoms with Crippen LogP contribution in [0.5, 0.6) is 23.4 Å². The number of anilines is 2. The third kappa shape index (κ3) is 3.16. The molecule has 0 bridgehead atoms. The maximum atomic E-state index is 10.1. The van der Waals surface area contributed by atoms with E-state index in [0.717, 1.165) is 30.1 Å². The summed E-state index contributed by atoms with van der Waals surface area (Å²) in [5, 5.41) is 10.6. The van der Waals surface area contributed by atoms with Gasteiger partial charge >= 0.3 is 6.01 Å². The summed E-state index contributed by atoms with van der Waals surface area (Å²) in [6.45, 7) is 0.893. The molecule has 0 aliphatic carbocycles. The van der Waals surface area contributed by atoms with Crippen molar-refractivity contribution in [3.63, 3.8) is 0 Å². The smallest absolute Gasteiger partial charge is 0.325 e. The van der Waals surface area contributed by atoms with Crippen LogP contribution in [0.15, 0.2) is 60.9 Å². The van der Waals surface area contributed by atoms with Gasteiger partial charge in [-0.05, 0) is 60.5 Å². The van der Waals surface area contributed by atoms with E-state index < -0.39 is 0 Å². The number of hydrogen-bond acceptors (Lipinski definition) is 7. The van der Waals surface area contributed by atoms with Crippen LogP contribution in [-0.2, 0) is 6.42 Å². The Kier molecular flexibility index (Phi) is 4.13. The van der Waals surface area contributed by atoms with Crippen molar-refractivity contribution in [2.75, 3.05) is 18.6 Å². The van der Waals surface area contributed by atoms with Gasteiger partial charge in [0, 0.05) is 24.1 Å². The van der Waals surface area contributed by atoms with Crippen LogP contribution in [0.2, 0.25) is 0 Å². The van der Waals surface area contributed by atoms with Crippen LogP contribution < -0.4 is 14.4 Å². The first-order chi connectivity index (χ1) is 14.2. The van der Waals surface area contributed by atoms with Gasteiger partial charge in [0.15, 0.2) is 0 Å². The van der Waals surface area contributed by atoms with Crippen molar-refractivity contribution in [1.82, 2.24) is 15.0 Å². The van der Waals surface area contributed by atoms with Gasteiger partial charge in [0.2, 0.25) is 5.88 Å². The number of methoxy groups -OCH3 is 1. The van der Waals surface area contributed by atoms with Gasteiger partial charge in [0.05, 0.1) is 24.2 Å². The molecule has 0 atom stereocenters. The van der Waals surface area contributed by atoms with Crippen LogP contribution in [-0.4, -0.2) is 33.7 Å². The predicted octanol–water partition coefficient (Wildman–Crippen LogP) is 4.23. The highest BCUT2D eigenvalue weighted by Gasteiger charge is 2.21. The second kappa shape index (κ2) is 6.94. The molecular weight excluding hydrogens is 368 g/mol. The summed E-state index contributed by atoms with van der Waals surface area (Å²) >= 11 is 0. The zero-order valence-corrected chi connectivity index (χ0v) is 15.7. The summed E-state index contributed by atoms with van der Waals surface area (Å²) in [6.07, 6.45) is 4.06. The number of hydrogen-bond donors (Lipinski definition) is 1. The largest absolute Gasteiger partial charge is 0.497 e. The minimum atomic E-state index is -0.126.